The van der Waals surface area contributed by atoms with Crippen LogP contribution in [0.1, 0.15) is 15.5 Å². The maximum absolute atomic E-state index is 12.7. The Labute approximate surface area is 141 Å². The number of hydrogen-bond acceptors (Lipinski definition) is 7. The van der Waals surface area contributed by atoms with E-state index in [9.17, 15) is 18.0 Å². The fourth-order valence-electron chi connectivity index (χ4n) is 2.10. The van der Waals surface area contributed by atoms with Crippen LogP contribution in [-0.2, 0) is 21.1 Å². The third-order valence-corrected chi connectivity index (χ3v) is 6.16. The normalized spacial score (nSPS) is 11.3. The summed E-state index contributed by atoms with van der Waals surface area (Å²) >= 11 is 1.12. The van der Waals surface area contributed by atoms with Crippen molar-refractivity contribution in [3.63, 3.8) is 0 Å². The van der Waals surface area contributed by atoms with Crippen molar-refractivity contribution in [1.29, 1.82) is 0 Å². The van der Waals surface area contributed by atoms with Crippen LogP contribution < -0.4 is 0 Å². The number of ketones is 2. The number of aromatic amines is 1. The Morgan fingerprint density at radius 2 is 1.88 bits per heavy atom. The zero-order chi connectivity index (χ0) is 17.2. The van der Waals surface area contributed by atoms with Gasteiger partial charge < -0.3 is 0 Å². The Hall–Kier alpha value is -2.65. The first-order chi connectivity index (χ1) is 11.5. The van der Waals surface area contributed by atoms with Crippen LogP contribution >= 0.6 is 11.3 Å². The number of Topliss-reactive ketones (excluding diaryl/α,β-unsaturated/α-hetero) is 2. The van der Waals surface area contributed by atoms with Gasteiger partial charge in [0.15, 0.2) is 5.82 Å². The van der Waals surface area contributed by atoms with Crippen molar-refractivity contribution in [2.24, 2.45) is 0 Å². The highest BCUT2D eigenvalue weighted by atomic mass is 32.2. The molecule has 3 aromatic rings. The molecule has 0 radical (unpaired) electrons. The molecule has 0 saturated carbocycles. The number of nitrogens with one attached hydrogen (secondary N) is 1. The predicted octanol–water partition coefficient (Wildman–Crippen LogP) is 1.69. The van der Waals surface area contributed by atoms with Gasteiger partial charge >= 0.3 is 0 Å². The highest BCUT2D eigenvalue weighted by molar-refractivity contribution is 7.91. The number of thiophene rings is 1. The molecule has 0 unspecified atom stereocenters. The molecule has 0 atom stereocenters. The zero-order valence-electron chi connectivity index (χ0n) is 12.2. The first-order valence-electron chi connectivity index (χ1n) is 6.79. The average molecular weight is 361 g/mol. The van der Waals surface area contributed by atoms with E-state index in [0.717, 1.165) is 17.7 Å². The topological polar surface area (TPSA) is 110 Å². The van der Waals surface area contributed by atoms with Gasteiger partial charge in [-0.2, -0.15) is 5.10 Å². The second-order valence-corrected chi connectivity index (χ2v) is 7.71. The monoisotopic (exact) mass is 361 g/mol. The number of H-pyrrole nitrogens is 1. The van der Waals surface area contributed by atoms with E-state index >= 15 is 0 Å². The Morgan fingerprint density at radius 3 is 2.54 bits per heavy atom. The van der Waals surface area contributed by atoms with Gasteiger partial charge in [0, 0.05) is 4.88 Å². The van der Waals surface area contributed by atoms with Crippen LogP contribution in [0.25, 0.3) is 0 Å². The lowest BCUT2D eigenvalue weighted by Gasteiger charge is -2.05. The number of nitrogens with zero attached hydrogens (tertiary/aromatic N) is 2. The minimum atomic E-state index is -3.74. The van der Waals surface area contributed by atoms with E-state index in [-0.39, 0.29) is 22.0 Å². The molecular formula is C15H11N3O4S2. The second kappa shape index (κ2) is 6.46. The minimum Gasteiger partial charge on any atom is -0.290 e. The van der Waals surface area contributed by atoms with E-state index < -0.39 is 21.4 Å². The molecular weight excluding hydrogens is 350 g/mol. The first-order valence-corrected chi connectivity index (χ1v) is 9.16. The molecule has 2 aromatic heterocycles. The molecule has 122 valence electrons. The second-order valence-electron chi connectivity index (χ2n) is 4.79. The zero-order valence-corrected chi connectivity index (χ0v) is 13.8. The molecule has 1 aromatic carbocycles. The van der Waals surface area contributed by atoms with Crippen LogP contribution in [0.15, 0.2) is 57.9 Å². The molecule has 1 N–H and O–H groups in total. The molecule has 7 nitrogen and oxygen atoms in total. The fourth-order valence-corrected chi connectivity index (χ4v) is 4.81. The van der Waals surface area contributed by atoms with Crippen LogP contribution in [0.5, 0.6) is 0 Å². The van der Waals surface area contributed by atoms with Gasteiger partial charge in [0.05, 0.1) is 16.2 Å². The summed E-state index contributed by atoms with van der Waals surface area (Å²) in [6, 6.07) is 9.37. The Morgan fingerprint density at radius 1 is 1.12 bits per heavy atom. The molecule has 9 heteroatoms. The number of carbonyl (C=O) groups excluding carboxylic acids is 2. The molecule has 0 bridgehead atoms. The van der Waals surface area contributed by atoms with E-state index in [1.165, 1.54) is 18.2 Å². The largest absolute Gasteiger partial charge is 0.290 e. The molecule has 0 saturated heterocycles. The van der Waals surface area contributed by atoms with Crippen molar-refractivity contribution in [3.8, 4) is 0 Å². The van der Waals surface area contributed by atoms with Crippen molar-refractivity contribution < 1.29 is 18.0 Å². The van der Waals surface area contributed by atoms with Gasteiger partial charge in [0.25, 0.3) is 5.78 Å². The SMILES string of the molecule is O=C(Cc1sccc1S(=O)(=O)c1ccccc1)C(=O)c1ncn[nH]1. The Bertz CT molecular complexity index is 977. The van der Waals surface area contributed by atoms with Crippen LogP contribution in [0.2, 0.25) is 0 Å². The highest BCUT2D eigenvalue weighted by Gasteiger charge is 2.26. The third kappa shape index (κ3) is 3.03. The van der Waals surface area contributed by atoms with E-state index in [2.05, 4.69) is 15.2 Å². The van der Waals surface area contributed by atoms with Crippen LogP contribution in [0.4, 0.5) is 0 Å². The number of aromatic nitrogens is 3. The van der Waals surface area contributed by atoms with Crippen molar-refractivity contribution in [1.82, 2.24) is 15.2 Å². The lowest BCUT2D eigenvalue weighted by atomic mass is 10.1. The summed E-state index contributed by atoms with van der Waals surface area (Å²) in [7, 11) is -3.74. The van der Waals surface area contributed by atoms with Gasteiger partial charge in [0.1, 0.15) is 6.33 Å². The molecule has 0 aliphatic heterocycles. The Balaban J connectivity index is 1.89. The molecule has 0 aliphatic carbocycles. The maximum atomic E-state index is 12.7. The molecule has 0 amide bonds. The van der Waals surface area contributed by atoms with Gasteiger partial charge in [-0.25, -0.2) is 13.4 Å². The van der Waals surface area contributed by atoms with Crippen LogP contribution in [0, 0.1) is 0 Å². The van der Waals surface area contributed by atoms with E-state index in [1.807, 2.05) is 0 Å². The summed E-state index contributed by atoms with van der Waals surface area (Å²) in [6.07, 6.45) is 0.815. The predicted molar refractivity (Wildman–Crippen MR) is 85.6 cm³/mol. The van der Waals surface area contributed by atoms with E-state index in [1.54, 1.807) is 23.6 Å². The molecule has 2 heterocycles. The average Bonchev–Trinajstić information content (AvgIpc) is 3.26. The number of sulfone groups is 1. The quantitative estimate of drug-likeness (QED) is 0.528. The molecule has 0 fully saturated rings. The van der Waals surface area contributed by atoms with E-state index in [4.69, 9.17) is 0 Å². The highest BCUT2D eigenvalue weighted by Crippen LogP contribution is 2.28. The number of hydrogen-bond donors (Lipinski definition) is 1. The van der Waals surface area contributed by atoms with Crippen molar-refractivity contribution in [2.75, 3.05) is 0 Å². The summed E-state index contributed by atoms with van der Waals surface area (Å²) in [5, 5.41) is 7.42. The van der Waals surface area contributed by atoms with Gasteiger partial charge in [0.2, 0.25) is 15.6 Å². The van der Waals surface area contributed by atoms with Gasteiger partial charge in [-0.3, -0.25) is 14.7 Å². The smallest absolute Gasteiger partial charge is 0.265 e. The van der Waals surface area contributed by atoms with Gasteiger partial charge in [-0.1, -0.05) is 18.2 Å². The molecule has 0 spiro atoms. The van der Waals surface area contributed by atoms with Crippen molar-refractivity contribution >= 4 is 32.7 Å². The first kappa shape index (κ1) is 16.2. The molecule has 24 heavy (non-hydrogen) atoms. The van der Waals surface area contributed by atoms with Gasteiger partial charge in [-0.15, -0.1) is 11.3 Å². The standard InChI is InChI=1S/C15H11N3O4S2/c19-11(14(20)15-16-9-17-18-15)8-12-13(6-7-23-12)24(21,22)10-4-2-1-3-5-10/h1-7,9H,8H2,(H,16,17,18). The van der Waals surface area contributed by atoms with Crippen molar-refractivity contribution in [3.05, 3.63) is 58.8 Å². The maximum Gasteiger partial charge on any atom is 0.265 e. The number of benzene rings is 1. The summed E-state index contributed by atoms with van der Waals surface area (Å²) in [4.78, 5) is 28.2. The number of rotatable bonds is 6. The summed E-state index contributed by atoms with van der Waals surface area (Å²) in [5.74, 6) is -1.74. The number of carbonyl (C=O) groups is 2. The van der Waals surface area contributed by atoms with Crippen LogP contribution in [-0.4, -0.2) is 35.2 Å². The molecule has 3 rings (SSSR count). The lowest BCUT2D eigenvalue weighted by molar-refractivity contribution is -0.114. The summed E-state index contributed by atoms with van der Waals surface area (Å²) in [5.41, 5.74) is 0. The summed E-state index contributed by atoms with van der Waals surface area (Å²) < 4.78 is 25.4. The lowest BCUT2D eigenvalue weighted by Crippen LogP contribution is -2.18. The summed E-state index contributed by atoms with van der Waals surface area (Å²) in [6.45, 7) is 0. The fraction of sp³-hybridized carbons (Fsp3) is 0.0667. The van der Waals surface area contributed by atoms with E-state index in [0.29, 0.717) is 4.88 Å². The minimum absolute atomic E-state index is 0.0393. The third-order valence-electron chi connectivity index (χ3n) is 3.25. The van der Waals surface area contributed by atoms with Crippen molar-refractivity contribution in [2.45, 2.75) is 16.2 Å². The van der Waals surface area contributed by atoms with Crippen LogP contribution in [0.3, 0.4) is 0 Å². The Kier molecular flexibility index (Phi) is 4.36. The molecule has 0 aliphatic rings. The van der Waals surface area contributed by atoms with Gasteiger partial charge in [-0.05, 0) is 23.6 Å².